The van der Waals surface area contributed by atoms with Crippen LogP contribution < -0.4 is 11.2 Å². The van der Waals surface area contributed by atoms with E-state index in [0.717, 1.165) is 30.0 Å². The lowest BCUT2D eigenvalue weighted by Gasteiger charge is -2.17. The zero-order valence-corrected chi connectivity index (χ0v) is 15.5. The lowest BCUT2D eigenvalue weighted by molar-refractivity contribution is -0.0264. The smallest absolute Gasteiger partial charge is 0.352 e. The fourth-order valence-corrected chi connectivity index (χ4v) is 3.40. The van der Waals surface area contributed by atoms with E-state index in [4.69, 9.17) is 13.8 Å². The van der Waals surface area contributed by atoms with Crippen molar-refractivity contribution in [2.75, 3.05) is 13.2 Å². The SMILES string of the molecule is CCCCCCOP(=O)(O)OC[C@@H]1CC[C@H](n2cc(F)c(=O)[nH]c2=O)O1. The largest absolute Gasteiger partial charge is 0.472 e. The number of nitrogens with one attached hydrogen (secondary N) is 1. The second-order valence-corrected chi connectivity index (χ2v) is 7.55. The number of phosphoric ester groups is 1. The number of unbranched alkanes of at least 4 members (excludes halogenated alkanes) is 3. The average molecular weight is 394 g/mol. The van der Waals surface area contributed by atoms with E-state index in [2.05, 4.69) is 6.92 Å². The first-order chi connectivity index (χ1) is 12.3. The predicted octanol–water partition coefficient (Wildman–Crippen LogP) is 2.07. The van der Waals surface area contributed by atoms with Gasteiger partial charge in [0.2, 0.25) is 5.82 Å². The van der Waals surface area contributed by atoms with Gasteiger partial charge in [0, 0.05) is 0 Å². The van der Waals surface area contributed by atoms with Gasteiger partial charge in [-0.05, 0) is 19.3 Å². The number of ether oxygens (including phenoxy) is 1. The number of hydrogen-bond acceptors (Lipinski definition) is 6. The van der Waals surface area contributed by atoms with Gasteiger partial charge in [0.25, 0.3) is 5.56 Å². The Hall–Kier alpha value is -1.32. The highest BCUT2D eigenvalue weighted by molar-refractivity contribution is 7.47. The summed E-state index contributed by atoms with van der Waals surface area (Å²) >= 11 is 0. The Labute approximate surface area is 149 Å². The van der Waals surface area contributed by atoms with Gasteiger partial charge in [-0.3, -0.25) is 23.4 Å². The quantitative estimate of drug-likeness (QED) is 0.460. The number of nitrogens with zero attached hydrogens (tertiary/aromatic N) is 1. The van der Waals surface area contributed by atoms with Crippen molar-refractivity contribution in [3.05, 3.63) is 32.9 Å². The molecule has 26 heavy (non-hydrogen) atoms. The minimum absolute atomic E-state index is 0.133. The molecule has 1 aromatic heterocycles. The van der Waals surface area contributed by atoms with Crippen LogP contribution in [0.5, 0.6) is 0 Å². The molecule has 3 atom stereocenters. The van der Waals surface area contributed by atoms with E-state index in [1.165, 1.54) is 0 Å². The Balaban J connectivity index is 1.80. The summed E-state index contributed by atoms with van der Waals surface area (Å²) < 4.78 is 41.4. The second-order valence-electron chi connectivity index (χ2n) is 6.09. The van der Waals surface area contributed by atoms with Crippen LogP contribution >= 0.6 is 7.82 Å². The zero-order valence-electron chi connectivity index (χ0n) is 14.6. The van der Waals surface area contributed by atoms with Crippen LogP contribution in [0.2, 0.25) is 0 Å². The third kappa shape index (κ3) is 6.14. The van der Waals surface area contributed by atoms with Crippen molar-refractivity contribution in [3.63, 3.8) is 0 Å². The first-order valence-corrected chi connectivity index (χ1v) is 10.1. The molecule has 2 rings (SSSR count). The van der Waals surface area contributed by atoms with Gasteiger partial charge in [0.1, 0.15) is 6.23 Å². The molecule has 1 aliphatic rings. The van der Waals surface area contributed by atoms with Gasteiger partial charge in [-0.2, -0.15) is 4.39 Å². The summed E-state index contributed by atoms with van der Waals surface area (Å²) in [6.45, 7) is 2.00. The Kier molecular flexibility index (Phi) is 7.72. The number of aromatic amines is 1. The van der Waals surface area contributed by atoms with Crippen molar-refractivity contribution in [2.45, 2.75) is 57.8 Å². The van der Waals surface area contributed by atoms with Crippen LogP contribution in [0.3, 0.4) is 0 Å². The molecule has 2 heterocycles. The monoisotopic (exact) mass is 394 g/mol. The van der Waals surface area contributed by atoms with E-state index in [1.54, 1.807) is 0 Å². The van der Waals surface area contributed by atoms with Gasteiger partial charge < -0.3 is 9.63 Å². The zero-order chi connectivity index (χ0) is 19.2. The first kappa shape index (κ1) is 21.0. The number of aromatic nitrogens is 2. The van der Waals surface area contributed by atoms with Crippen molar-refractivity contribution in [1.82, 2.24) is 9.55 Å². The Bertz CT molecular complexity index is 750. The molecule has 1 aliphatic heterocycles. The summed E-state index contributed by atoms with van der Waals surface area (Å²) in [4.78, 5) is 34.3. The molecule has 0 aromatic carbocycles. The van der Waals surface area contributed by atoms with Gasteiger partial charge in [-0.15, -0.1) is 0 Å². The standard InChI is InChI=1S/C15H24FN2O7P/c1-2-3-4-5-8-23-26(21,22)24-10-11-6-7-13(25-11)18-9-12(16)14(19)17-15(18)20/h9,11,13H,2-8,10H2,1H3,(H,21,22)(H,17,19,20)/t11-,13+/m0/s1. The number of halogens is 1. The molecule has 148 valence electrons. The van der Waals surface area contributed by atoms with Crippen molar-refractivity contribution in [3.8, 4) is 0 Å². The number of H-pyrrole nitrogens is 1. The third-order valence-corrected chi connectivity index (χ3v) is 4.98. The predicted molar refractivity (Wildman–Crippen MR) is 90.3 cm³/mol. The molecule has 11 heteroatoms. The summed E-state index contributed by atoms with van der Waals surface area (Å²) in [6, 6.07) is 0. The van der Waals surface area contributed by atoms with E-state index >= 15 is 0 Å². The summed E-state index contributed by atoms with van der Waals surface area (Å²) in [6.07, 6.45) is 3.92. The second kappa shape index (κ2) is 9.57. The molecule has 1 fully saturated rings. The maximum absolute atomic E-state index is 13.3. The fraction of sp³-hybridized carbons (Fsp3) is 0.733. The lowest BCUT2D eigenvalue weighted by Crippen LogP contribution is -2.34. The van der Waals surface area contributed by atoms with Crippen LogP contribution in [0, 0.1) is 5.82 Å². The topological polar surface area (TPSA) is 120 Å². The maximum atomic E-state index is 13.3. The molecule has 0 saturated carbocycles. The molecule has 0 aliphatic carbocycles. The molecular weight excluding hydrogens is 370 g/mol. The van der Waals surface area contributed by atoms with Gasteiger partial charge in [0.05, 0.1) is 25.5 Å². The van der Waals surface area contributed by atoms with Crippen LogP contribution in [0.4, 0.5) is 4.39 Å². The van der Waals surface area contributed by atoms with Crippen molar-refractivity contribution < 1.29 is 27.6 Å². The summed E-state index contributed by atoms with van der Waals surface area (Å²) in [5.41, 5.74) is -1.88. The molecule has 9 nitrogen and oxygen atoms in total. The number of hydrogen-bond donors (Lipinski definition) is 2. The average Bonchev–Trinajstić information content (AvgIpc) is 3.05. The van der Waals surface area contributed by atoms with E-state index in [1.807, 2.05) is 4.98 Å². The van der Waals surface area contributed by atoms with Gasteiger partial charge in [0.15, 0.2) is 0 Å². The lowest BCUT2D eigenvalue weighted by atomic mass is 10.2. The van der Waals surface area contributed by atoms with E-state index in [0.29, 0.717) is 19.3 Å². The van der Waals surface area contributed by atoms with Gasteiger partial charge in [-0.25, -0.2) is 9.36 Å². The van der Waals surface area contributed by atoms with Gasteiger partial charge in [-0.1, -0.05) is 26.2 Å². The van der Waals surface area contributed by atoms with Gasteiger partial charge >= 0.3 is 13.5 Å². The molecule has 0 spiro atoms. The Morgan fingerprint density at radius 2 is 2.12 bits per heavy atom. The molecule has 1 unspecified atom stereocenters. The highest BCUT2D eigenvalue weighted by Crippen LogP contribution is 2.44. The van der Waals surface area contributed by atoms with Crippen molar-refractivity contribution >= 4 is 7.82 Å². The molecule has 0 bridgehead atoms. The highest BCUT2D eigenvalue weighted by atomic mass is 31.2. The molecule has 0 radical (unpaired) electrons. The van der Waals surface area contributed by atoms with Crippen LogP contribution in [0.1, 0.15) is 51.7 Å². The van der Waals surface area contributed by atoms with E-state index in [-0.39, 0.29) is 13.2 Å². The first-order valence-electron chi connectivity index (χ1n) is 8.60. The molecule has 1 aromatic rings. The molecular formula is C15H24FN2O7P. The van der Waals surface area contributed by atoms with Crippen LogP contribution in [-0.4, -0.2) is 33.8 Å². The molecule has 1 saturated heterocycles. The van der Waals surface area contributed by atoms with Crippen molar-refractivity contribution in [2.24, 2.45) is 0 Å². The number of rotatable bonds is 10. The van der Waals surface area contributed by atoms with Crippen molar-refractivity contribution in [1.29, 1.82) is 0 Å². The maximum Gasteiger partial charge on any atom is 0.472 e. The Morgan fingerprint density at radius 3 is 2.85 bits per heavy atom. The van der Waals surface area contributed by atoms with Crippen LogP contribution in [0.25, 0.3) is 0 Å². The normalized spacial score (nSPS) is 22.4. The fourth-order valence-electron chi connectivity index (χ4n) is 2.61. The van der Waals surface area contributed by atoms with E-state index in [9.17, 15) is 23.4 Å². The molecule has 0 amide bonds. The third-order valence-electron chi connectivity index (χ3n) is 4.00. The summed E-state index contributed by atoms with van der Waals surface area (Å²) in [5, 5.41) is 0. The summed E-state index contributed by atoms with van der Waals surface area (Å²) in [7, 11) is -4.17. The minimum Gasteiger partial charge on any atom is -0.352 e. The summed E-state index contributed by atoms with van der Waals surface area (Å²) in [5.74, 6) is -1.09. The van der Waals surface area contributed by atoms with Crippen LogP contribution in [-0.2, 0) is 18.3 Å². The Morgan fingerprint density at radius 1 is 1.35 bits per heavy atom. The van der Waals surface area contributed by atoms with E-state index < -0.39 is 37.2 Å². The van der Waals surface area contributed by atoms with Crippen LogP contribution in [0.15, 0.2) is 15.8 Å². The highest BCUT2D eigenvalue weighted by Gasteiger charge is 2.31. The molecule has 2 N–H and O–H groups in total. The number of phosphoric acid groups is 1. The minimum atomic E-state index is -4.17.